The number of hydrogen-bond donors (Lipinski definition) is 4. The fourth-order valence-electron chi connectivity index (χ4n) is 4.87. The van der Waals surface area contributed by atoms with Crippen molar-refractivity contribution in [3.05, 3.63) is 75.6 Å². The summed E-state index contributed by atoms with van der Waals surface area (Å²) >= 11 is 0. The van der Waals surface area contributed by atoms with Crippen molar-refractivity contribution in [2.45, 2.75) is 44.1 Å². The molecule has 9 nitrogen and oxygen atoms in total. The first-order valence-electron chi connectivity index (χ1n) is 11.1. The van der Waals surface area contributed by atoms with Crippen LogP contribution in [-0.4, -0.2) is 52.6 Å². The van der Waals surface area contributed by atoms with Gasteiger partial charge in [-0.25, -0.2) is 5.10 Å². The maximum atomic E-state index is 12.4. The van der Waals surface area contributed by atoms with Crippen molar-refractivity contribution in [2.24, 2.45) is 5.73 Å². The Morgan fingerprint density at radius 1 is 1.03 bits per heavy atom. The maximum absolute atomic E-state index is 12.4. The summed E-state index contributed by atoms with van der Waals surface area (Å²) in [5, 5.41) is 20.5. The number of nitrogens with two attached hydrogens (primary N) is 1. The number of hydrogen-bond acceptors (Lipinski definition) is 6. The SMILES string of the molecule is CC[C@H](N)CC1(c2nnn[nH]2)c2ccc(C(=O)NC)cc2CCc2cc(C(=O)NC)ccc21. The van der Waals surface area contributed by atoms with Crippen LogP contribution in [0.5, 0.6) is 0 Å². The monoisotopic (exact) mass is 447 g/mol. The summed E-state index contributed by atoms with van der Waals surface area (Å²) in [4.78, 5) is 24.7. The third-order valence-corrected chi connectivity index (χ3v) is 6.61. The minimum absolute atomic E-state index is 0.119. The molecule has 9 heteroatoms. The van der Waals surface area contributed by atoms with Gasteiger partial charge in [0.1, 0.15) is 0 Å². The number of rotatable bonds is 6. The van der Waals surface area contributed by atoms with Gasteiger partial charge in [0, 0.05) is 31.3 Å². The van der Waals surface area contributed by atoms with Crippen molar-refractivity contribution in [1.82, 2.24) is 31.3 Å². The third-order valence-electron chi connectivity index (χ3n) is 6.61. The summed E-state index contributed by atoms with van der Waals surface area (Å²) in [6, 6.07) is 11.4. The number of carbonyl (C=O) groups excluding carboxylic acids is 2. The molecule has 0 spiro atoms. The smallest absolute Gasteiger partial charge is 0.251 e. The predicted molar refractivity (Wildman–Crippen MR) is 124 cm³/mol. The van der Waals surface area contributed by atoms with E-state index in [1.54, 1.807) is 14.1 Å². The van der Waals surface area contributed by atoms with Gasteiger partial charge in [-0.3, -0.25) is 9.59 Å². The zero-order valence-electron chi connectivity index (χ0n) is 19.1. The van der Waals surface area contributed by atoms with E-state index in [0.717, 1.165) is 28.7 Å². The van der Waals surface area contributed by atoms with Gasteiger partial charge < -0.3 is 16.4 Å². The maximum Gasteiger partial charge on any atom is 0.251 e. The standard InChI is InChI=1S/C24H29N7O2/c1-4-18(25)13-24(23-28-30-31-29-23)19-9-7-16(21(32)26-2)11-14(19)5-6-15-12-17(22(33)27-3)8-10-20(15)24/h7-12,18H,4-6,13,25H2,1-3H3,(H,26,32)(H,27,33)(H,28,29,30,31)/t18-/m0/s1. The number of benzene rings is 2. The van der Waals surface area contributed by atoms with Crippen LogP contribution < -0.4 is 16.4 Å². The molecule has 0 radical (unpaired) electrons. The molecule has 33 heavy (non-hydrogen) atoms. The molecule has 1 heterocycles. The summed E-state index contributed by atoms with van der Waals surface area (Å²) in [5.74, 6) is 0.313. The van der Waals surface area contributed by atoms with Crippen molar-refractivity contribution >= 4 is 11.8 Å². The van der Waals surface area contributed by atoms with Crippen molar-refractivity contribution in [3.8, 4) is 0 Å². The first kappa shape index (κ1) is 22.6. The number of amides is 2. The topological polar surface area (TPSA) is 139 Å². The van der Waals surface area contributed by atoms with Gasteiger partial charge in [-0.2, -0.15) is 0 Å². The highest BCUT2D eigenvalue weighted by Gasteiger charge is 2.45. The van der Waals surface area contributed by atoms with Crippen LogP contribution in [0.15, 0.2) is 36.4 Å². The van der Waals surface area contributed by atoms with Gasteiger partial charge >= 0.3 is 0 Å². The van der Waals surface area contributed by atoms with E-state index in [0.29, 0.717) is 36.2 Å². The van der Waals surface area contributed by atoms with Crippen LogP contribution >= 0.6 is 0 Å². The summed E-state index contributed by atoms with van der Waals surface area (Å²) in [7, 11) is 3.24. The number of H-pyrrole nitrogens is 1. The van der Waals surface area contributed by atoms with Gasteiger partial charge in [0.05, 0.1) is 5.41 Å². The molecule has 0 bridgehead atoms. The number of carbonyl (C=O) groups is 2. The Hall–Kier alpha value is -3.59. The zero-order chi connectivity index (χ0) is 23.6. The van der Waals surface area contributed by atoms with E-state index in [9.17, 15) is 9.59 Å². The van der Waals surface area contributed by atoms with Crippen LogP contribution in [-0.2, 0) is 18.3 Å². The minimum Gasteiger partial charge on any atom is -0.355 e. The van der Waals surface area contributed by atoms with E-state index in [4.69, 9.17) is 5.73 Å². The summed E-state index contributed by atoms with van der Waals surface area (Å²) in [6.07, 6.45) is 2.75. The largest absolute Gasteiger partial charge is 0.355 e. The lowest BCUT2D eigenvalue weighted by atomic mass is 9.67. The average Bonchev–Trinajstić information content (AvgIpc) is 3.36. The Balaban J connectivity index is 2.03. The Labute approximate surface area is 192 Å². The molecule has 0 saturated carbocycles. The van der Waals surface area contributed by atoms with E-state index < -0.39 is 5.41 Å². The van der Waals surface area contributed by atoms with Crippen LogP contribution in [0.4, 0.5) is 0 Å². The van der Waals surface area contributed by atoms with Crippen molar-refractivity contribution in [2.75, 3.05) is 14.1 Å². The van der Waals surface area contributed by atoms with Gasteiger partial charge in [0.25, 0.3) is 11.8 Å². The zero-order valence-corrected chi connectivity index (χ0v) is 19.1. The molecule has 0 fully saturated rings. The van der Waals surface area contributed by atoms with Gasteiger partial charge in [-0.1, -0.05) is 19.1 Å². The van der Waals surface area contributed by atoms with Crippen LogP contribution in [0.2, 0.25) is 0 Å². The summed E-state index contributed by atoms with van der Waals surface area (Å²) < 4.78 is 0. The van der Waals surface area contributed by atoms with Crippen molar-refractivity contribution in [3.63, 3.8) is 0 Å². The number of nitrogens with one attached hydrogen (secondary N) is 3. The molecule has 4 rings (SSSR count). The lowest BCUT2D eigenvalue weighted by Gasteiger charge is -2.36. The molecule has 0 unspecified atom stereocenters. The second-order valence-electron chi connectivity index (χ2n) is 8.43. The van der Waals surface area contributed by atoms with Crippen molar-refractivity contribution in [1.29, 1.82) is 0 Å². The van der Waals surface area contributed by atoms with Gasteiger partial charge in [-0.15, -0.1) is 5.10 Å². The van der Waals surface area contributed by atoms with E-state index in [1.165, 1.54) is 0 Å². The van der Waals surface area contributed by atoms with Crippen LogP contribution in [0.1, 0.15) is 68.6 Å². The molecule has 2 aromatic carbocycles. The van der Waals surface area contributed by atoms with Gasteiger partial charge in [-0.05, 0) is 82.6 Å². The third kappa shape index (κ3) is 3.89. The highest BCUT2D eigenvalue weighted by molar-refractivity contribution is 5.95. The lowest BCUT2D eigenvalue weighted by Crippen LogP contribution is -2.39. The van der Waals surface area contributed by atoms with E-state index in [1.807, 2.05) is 36.4 Å². The number of aryl methyl sites for hydroxylation is 2. The highest BCUT2D eigenvalue weighted by Crippen LogP contribution is 2.46. The normalized spacial score (nSPS) is 15.0. The van der Waals surface area contributed by atoms with E-state index in [2.05, 4.69) is 38.2 Å². The van der Waals surface area contributed by atoms with Crippen LogP contribution in [0, 0.1) is 0 Å². The Morgan fingerprint density at radius 3 is 2.00 bits per heavy atom. The summed E-state index contributed by atoms with van der Waals surface area (Å²) in [5.41, 5.74) is 11.1. The minimum atomic E-state index is -0.747. The average molecular weight is 448 g/mol. The fourth-order valence-corrected chi connectivity index (χ4v) is 4.87. The molecule has 1 aliphatic rings. The summed E-state index contributed by atoms with van der Waals surface area (Å²) in [6.45, 7) is 2.05. The second kappa shape index (κ2) is 9.11. The van der Waals surface area contributed by atoms with E-state index >= 15 is 0 Å². The number of fused-ring (bicyclic) bond motifs is 2. The lowest BCUT2D eigenvalue weighted by molar-refractivity contribution is 0.0955. The first-order chi connectivity index (χ1) is 15.9. The predicted octanol–water partition coefficient (Wildman–Crippen LogP) is 1.48. The fraction of sp³-hybridized carbons (Fsp3) is 0.375. The highest BCUT2D eigenvalue weighted by atomic mass is 16.2. The molecule has 1 aliphatic carbocycles. The molecule has 0 aliphatic heterocycles. The number of aromatic nitrogens is 4. The molecule has 1 aromatic heterocycles. The molecule has 1 atom stereocenters. The Bertz CT molecular complexity index is 1110. The molecule has 2 amide bonds. The van der Waals surface area contributed by atoms with Gasteiger partial charge in [0.2, 0.25) is 0 Å². The second-order valence-corrected chi connectivity index (χ2v) is 8.43. The first-order valence-corrected chi connectivity index (χ1v) is 11.1. The number of nitrogens with zero attached hydrogens (tertiary/aromatic N) is 3. The molecular formula is C24H29N7O2. The molecule has 0 saturated heterocycles. The van der Waals surface area contributed by atoms with Crippen LogP contribution in [0.25, 0.3) is 0 Å². The molecule has 3 aromatic rings. The molecule has 172 valence electrons. The molecular weight excluding hydrogens is 418 g/mol. The Kier molecular flexibility index (Phi) is 6.24. The number of aromatic amines is 1. The molecule has 5 N–H and O–H groups in total. The van der Waals surface area contributed by atoms with Crippen molar-refractivity contribution < 1.29 is 9.59 Å². The quantitative estimate of drug-likeness (QED) is 0.451. The van der Waals surface area contributed by atoms with Crippen LogP contribution in [0.3, 0.4) is 0 Å². The van der Waals surface area contributed by atoms with Gasteiger partial charge in [0.15, 0.2) is 5.82 Å². The number of tetrazole rings is 1. The Morgan fingerprint density at radius 2 is 1.58 bits per heavy atom. The van der Waals surface area contributed by atoms with E-state index in [-0.39, 0.29) is 17.9 Å².